The van der Waals surface area contributed by atoms with E-state index in [9.17, 15) is 14.7 Å². The third-order valence-corrected chi connectivity index (χ3v) is 3.70. The molecule has 128 valence electrons. The Labute approximate surface area is 138 Å². The summed E-state index contributed by atoms with van der Waals surface area (Å²) in [6.45, 7) is 9.42. The molecule has 0 aromatic heterocycles. The highest BCUT2D eigenvalue weighted by molar-refractivity contribution is 5.97. The summed E-state index contributed by atoms with van der Waals surface area (Å²) in [6, 6.07) is 5.14. The topological polar surface area (TPSA) is 78.4 Å². The van der Waals surface area contributed by atoms with E-state index in [1.807, 2.05) is 6.92 Å². The molecule has 3 N–H and O–H groups in total. The smallest absolute Gasteiger partial charge is 0.251 e. The monoisotopic (exact) mass is 320 g/mol. The van der Waals surface area contributed by atoms with E-state index in [0.29, 0.717) is 23.6 Å². The van der Waals surface area contributed by atoms with E-state index >= 15 is 0 Å². The van der Waals surface area contributed by atoms with Crippen molar-refractivity contribution in [1.29, 1.82) is 0 Å². The third kappa shape index (κ3) is 6.82. The fraction of sp³-hybridized carbons (Fsp3) is 0.556. The van der Waals surface area contributed by atoms with Crippen LogP contribution >= 0.6 is 0 Å². The summed E-state index contributed by atoms with van der Waals surface area (Å²) < 4.78 is 0. The zero-order chi connectivity index (χ0) is 17.6. The molecule has 1 unspecified atom stereocenters. The van der Waals surface area contributed by atoms with Crippen LogP contribution in [-0.2, 0) is 4.79 Å². The molecule has 1 atom stereocenters. The molecular weight excluding hydrogens is 292 g/mol. The number of benzene rings is 1. The van der Waals surface area contributed by atoms with E-state index in [1.165, 1.54) is 6.92 Å². The van der Waals surface area contributed by atoms with Crippen LogP contribution in [0.4, 0.5) is 5.69 Å². The Hall–Kier alpha value is -1.88. The summed E-state index contributed by atoms with van der Waals surface area (Å²) in [5, 5.41) is 15.8. The standard InChI is InChI=1S/C18H28N2O3/c1-12(2)8-9-18(5,23)11-19-17(22)15-7-6-13(3)16(10-15)20-14(4)21/h6-7,10,12,23H,8-9,11H2,1-5H3,(H,19,22)(H,20,21). The van der Waals surface area contributed by atoms with Gasteiger partial charge < -0.3 is 15.7 Å². The molecule has 0 heterocycles. The molecule has 1 rings (SSSR count). The average molecular weight is 320 g/mol. The number of nitrogens with one attached hydrogen (secondary N) is 2. The first-order valence-electron chi connectivity index (χ1n) is 7.99. The molecule has 5 nitrogen and oxygen atoms in total. The van der Waals surface area contributed by atoms with Gasteiger partial charge >= 0.3 is 0 Å². The van der Waals surface area contributed by atoms with Crippen LogP contribution in [0.15, 0.2) is 18.2 Å². The van der Waals surface area contributed by atoms with Crippen LogP contribution in [0.2, 0.25) is 0 Å². The second-order valence-electron chi connectivity index (χ2n) is 6.82. The highest BCUT2D eigenvalue weighted by Gasteiger charge is 2.22. The Balaban J connectivity index is 2.69. The molecule has 0 spiro atoms. The van der Waals surface area contributed by atoms with E-state index in [4.69, 9.17) is 0 Å². The quantitative estimate of drug-likeness (QED) is 0.723. The number of amides is 2. The largest absolute Gasteiger partial charge is 0.388 e. The number of rotatable bonds is 7. The van der Waals surface area contributed by atoms with Crippen molar-refractivity contribution in [2.24, 2.45) is 5.92 Å². The number of aryl methyl sites for hydroxylation is 1. The van der Waals surface area contributed by atoms with Gasteiger partial charge in [0, 0.05) is 24.7 Å². The van der Waals surface area contributed by atoms with E-state index in [1.54, 1.807) is 25.1 Å². The molecule has 0 saturated carbocycles. The average Bonchev–Trinajstić information content (AvgIpc) is 2.45. The van der Waals surface area contributed by atoms with Crippen LogP contribution in [0.5, 0.6) is 0 Å². The van der Waals surface area contributed by atoms with Crippen LogP contribution in [0.1, 0.15) is 56.5 Å². The van der Waals surface area contributed by atoms with Gasteiger partial charge in [0.05, 0.1) is 5.60 Å². The zero-order valence-corrected chi connectivity index (χ0v) is 14.7. The van der Waals surface area contributed by atoms with Crippen molar-refractivity contribution in [3.05, 3.63) is 29.3 Å². The molecule has 0 fully saturated rings. The first-order valence-corrected chi connectivity index (χ1v) is 7.99. The number of anilines is 1. The van der Waals surface area contributed by atoms with Gasteiger partial charge in [-0.05, 0) is 50.3 Å². The van der Waals surface area contributed by atoms with Crippen LogP contribution in [-0.4, -0.2) is 29.1 Å². The van der Waals surface area contributed by atoms with Gasteiger partial charge in [-0.25, -0.2) is 0 Å². The minimum absolute atomic E-state index is 0.178. The van der Waals surface area contributed by atoms with Crippen molar-refractivity contribution in [2.75, 3.05) is 11.9 Å². The van der Waals surface area contributed by atoms with E-state index < -0.39 is 5.60 Å². The normalized spacial score (nSPS) is 13.5. The van der Waals surface area contributed by atoms with Crippen LogP contribution < -0.4 is 10.6 Å². The lowest BCUT2D eigenvalue weighted by Crippen LogP contribution is -2.40. The minimum atomic E-state index is -0.926. The number of hydrogen-bond acceptors (Lipinski definition) is 3. The number of aliphatic hydroxyl groups is 1. The Bertz CT molecular complexity index is 565. The van der Waals surface area contributed by atoms with Gasteiger partial charge in [-0.15, -0.1) is 0 Å². The lowest BCUT2D eigenvalue weighted by molar-refractivity contribution is -0.114. The fourth-order valence-corrected chi connectivity index (χ4v) is 2.15. The Morgan fingerprint density at radius 1 is 1.30 bits per heavy atom. The summed E-state index contributed by atoms with van der Waals surface area (Å²) in [6.07, 6.45) is 1.54. The van der Waals surface area contributed by atoms with Crippen molar-refractivity contribution in [3.8, 4) is 0 Å². The fourth-order valence-electron chi connectivity index (χ4n) is 2.15. The minimum Gasteiger partial charge on any atom is -0.388 e. The molecule has 5 heteroatoms. The van der Waals surface area contributed by atoms with Gasteiger partial charge in [-0.3, -0.25) is 9.59 Å². The van der Waals surface area contributed by atoms with E-state index in [0.717, 1.165) is 12.0 Å². The summed E-state index contributed by atoms with van der Waals surface area (Å²) >= 11 is 0. The molecule has 0 aliphatic heterocycles. The maximum Gasteiger partial charge on any atom is 0.251 e. The molecule has 23 heavy (non-hydrogen) atoms. The predicted octanol–water partition coefficient (Wildman–Crippen LogP) is 2.87. The van der Waals surface area contributed by atoms with E-state index in [-0.39, 0.29) is 18.4 Å². The second kappa shape index (κ2) is 8.11. The van der Waals surface area contributed by atoms with Crippen LogP contribution in [0.3, 0.4) is 0 Å². The van der Waals surface area contributed by atoms with Crippen molar-refractivity contribution in [3.63, 3.8) is 0 Å². The highest BCUT2D eigenvalue weighted by atomic mass is 16.3. The first-order chi connectivity index (χ1) is 10.6. The van der Waals surface area contributed by atoms with Gasteiger partial charge in [-0.1, -0.05) is 19.9 Å². The van der Waals surface area contributed by atoms with Crippen molar-refractivity contribution in [1.82, 2.24) is 5.32 Å². The van der Waals surface area contributed by atoms with Gasteiger partial charge in [-0.2, -0.15) is 0 Å². The molecule has 1 aromatic carbocycles. The van der Waals surface area contributed by atoms with Crippen molar-refractivity contribution < 1.29 is 14.7 Å². The number of carbonyl (C=O) groups excluding carboxylic acids is 2. The summed E-state index contributed by atoms with van der Waals surface area (Å²) in [5.74, 6) is 0.0678. The number of carbonyl (C=O) groups is 2. The molecule has 0 aliphatic rings. The van der Waals surface area contributed by atoms with Gasteiger partial charge in [0.2, 0.25) is 5.91 Å². The van der Waals surface area contributed by atoms with Gasteiger partial charge in [0.15, 0.2) is 0 Å². The maximum atomic E-state index is 12.2. The van der Waals surface area contributed by atoms with Crippen LogP contribution in [0, 0.1) is 12.8 Å². The third-order valence-electron chi connectivity index (χ3n) is 3.70. The summed E-state index contributed by atoms with van der Waals surface area (Å²) in [4.78, 5) is 23.4. The highest BCUT2D eigenvalue weighted by Crippen LogP contribution is 2.18. The summed E-state index contributed by atoms with van der Waals surface area (Å²) in [7, 11) is 0. The molecule has 2 amide bonds. The van der Waals surface area contributed by atoms with Crippen molar-refractivity contribution in [2.45, 2.75) is 53.1 Å². The second-order valence-corrected chi connectivity index (χ2v) is 6.82. The van der Waals surface area contributed by atoms with E-state index in [2.05, 4.69) is 24.5 Å². The molecule has 0 radical (unpaired) electrons. The summed E-state index contributed by atoms with van der Waals surface area (Å²) in [5.41, 5.74) is 1.04. The zero-order valence-electron chi connectivity index (χ0n) is 14.7. The predicted molar refractivity (Wildman–Crippen MR) is 92.5 cm³/mol. The Kier molecular flexibility index (Phi) is 6.76. The maximum absolute atomic E-state index is 12.2. The lowest BCUT2D eigenvalue weighted by Gasteiger charge is -2.24. The SMILES string of the molecule is CC(=O)Nc1cc(C(=O)NCC(C)(O)CCC(C)C)ccc1C. The van der Waals surface area contributed by atoms with Crippen LogP contribution in [0.25, 0.3) is 0 Å². The Morgan fingerprint density at radius 3 is 2.52 bits per heavy atom. The molecule has 0 saturated heterocycles. The number of hydrogen-bond donors (Lipinski definition) is 3. The van der Waals surface area contributed by atoms with Crippen molar-refractivity contribution >= 4 is 17.5 Å². The van der Waals surface area contributed by atoms with Gasteiger partial charge in [0.1, 0.15) is 0 Å². The molecule has 1 aromatic rings. The van der Waals surface area contributed by atoms with Gasteiger partial charge in [0.25, 0.3) is 5.91 Å². The molecule has 0 aliphatic carbocycles. The molecule has 0 bridgehead atoms. The lowest BCUT2D eigenvalue weighted by atomic mass is 9.95. The first kappa shape index (κ1) is 19.2. The Morgan fingerprint density at radius 2 is 1.96 bits per heavy atom. The molecular formula is C18H28N2O3.